The number of aryl methyl sites for hydroxylation is 2. The number of nitrogens with one attached hydrogen (secondary N) is 1. The first-order valence-electron chi connectivity index (χ1n) is 8.25. The summed E-state index contributed by atoms with van der Waals surface area (Å²) in [5.41, 5.74) is 6.37. The molecule has 5 rings (SSSR count). The molecule has 0 amide bonds. The van der Waals surface area contributed by atoms with Crippen LogP contribution < -0.4 is 14.9 Å². The molecule has 0 radical (unpaired) electrons. The molecule has 0 saturated heterocycles. The van der Waals surface area contributed by atoms with Crippen LogP contribution in [-0.2, 0) is 12.8 Å². The minimum Gasteiger partial charge on any atom is -0.454 e. The first-order valence-corrected chi connectivity index (χ1v) is 9.07. The molecule has 7 heteroatoms. The maximum Gasteiger partial charge on any atom is 0.231 e. The van der Waals surface area contributed by atoms with Crippen molar-refractivity contribution in [3.8, 4) is 11.5 Å². The quantitative estimate of drug-likeness (QED) is 0.574. The lowest BCUT2D eigenvalue weighted by Gasteiger charge is -2.06. The maximum atomic E-state index is 5.43. The molecule has 0 bridgehead atoms. The fraction of sp³-hybridized carbons (Fsp3) is 0.278. The van der Waals surface area contributed by atoms with E-state index in [-0.39, 0.29) is 6.79 Å². The second-order valence-electron chi connectivity index (χ2n) is 6.14. The molecular formula is C18H16N4O2S. The van der Waals surface area contributed by atoms with E-state index in [0.29, 0.717) is 0 Å². The molecule has 3 heterocycles. The second kappa shape index (κ2) is 5.70. The highest BCUT2D eigenvalue weighted by Gasteiger charge is 2.21. The van der Waals surface area contributed by atoms with Gasteiger partial charge in [0.25, 0.3) is 0 Å². The summed E-state index contributed by atoms with van der Waals surface area (Å²) >= 11 is 1.77. The van der Waals surface area contributed by atoms with Crippen molar-refractivity contribution >= 4 is 33.1 Å². The Morgan fingerprint density at radius 2 is 2.12 bits per heavy atom. The molecule has 1 aliphatic carbocycles. The Hall–Kier alpha value is -2.67. The van der Waals surface area contributed by atoms with Crippen molar-refractivity contribution in [1.82, 2.24) is 9.97 Å². The van der Waals surface area contributed by atoms with Crippen molar-refractivity contribution < 1.29 is 9.47 Å². The van der Waals surface area contributed by atoms with Crippen molar-refractivity contribution in [3.05, 3.63) is 40.5 Å². The number of anilines is 1. The topological polar surface area (TPSA) is 68.6 Å². The SMILES string of the molecule is C/C(=N/Nc1ncnc2sc3c(c12)CCC3)c1ccc2c(c1)OCO2. The average molecular weight is 352 g/mol. The van der Waals surface area contributed by atoms with Gasteiger partial charge >= 0.3 is 0 Å². The number of ether oxygens (including phenoxy) is 2. The largest absolute Gasteiger partial charge is 0.454 e. The van der Waals surface area contributed by atoms with Crippen LogP contribution in [0.2, 0.25) is 0 Å². The van der Waals surface area contributed by atoms with Gasteiger partial charge in [0.1, 0.15) is 11.2 Å². The summed E-state index contributed by atoms with van der Waals surface area (Å²) in [4.78, 5) is 11.3. The Kier molecular flexibility index (Phi) is 3.34. The van der Waals surface area contributed by atoms with Gasteiger partial charge in [0.15, 0.2) is 17.3 Å². The molecule has 0 spiro atoms. The summed E-state index contributed by atoms with van der Waals surface area (Å²) < 4.78 is 10.8. The van der Waals surface area contributed by atoms with Gasteiger partial charge in [-0.15, -0.1) is 11.3 Å². The summed E-state index contributed by atoms with van der Waals surface area (Å²) in [5.74, 6) is 2.31. The number of benzene rings is 1. The van der Waals surface area contributed by atoms with Crippen molar-refractivity contribution in [2.24, 2.45) is 5.10 Å². The third-order valence-electron chi connectivity index (χ3n) is 4.62. The number of rotatable bonds is 3. The normalized spacial score (nSPS) is 15.6. The molecule has 25 heavy (non-hydrogen) atoms. The van der Waals surface area contributed by atoms with Gasteiger partial charge < -0.3 is 9.47 Å². The minimum atomic E-state index is 0.273. The fourth-order valence-electron chi connectivity index (χ4n) is 3.34. The minimum absolute atomic E-state index is 0.273. The highest BCUT2D eigenvalue weighted by Crippen LogP contribution is 2.39. The molecule has 2 aromatic heterocycles. The number of thiophene rings is 1. The van der Waals surface area contributed by atoms with Gasteiger partial charge in [-0.3, -0.25) is 5.43 Å². The third-order valence-corrected chi connectivity index (χ3v) is 5.82. The van der Waals surface area contributed by atoms with E-state index in [9.17, 15) is 0 Å². The number of aromatic nitrogens is 2. The van der Waals surface area contributed by atoms with E-state index in [1.165, 1.54) is 16.9 Å². The van der Waals surface area contributed by atoms with Gasteiger partial charge in [-0.25, -0.2) is 9.97 Å². The van der Waals surface area contributed by atoms with Crippen LogP contribution in [0.5, 0.6) is 11.5 Å². The van der Waals surface area contributed by atoms with E-state index in [2.05, 4.69) is 20.5 Å². The Morgan fingerprint density at radius 3 is 3.08 bits per heavy atom. The summed E-state index contributed by atoms with van der Waals surface area (Å²) in [7, 11) is 0. The Bertz CT molecular complexity index is 1010. The van der Waals surface area contributed by atoms with Gasteiger partial charge in [0, 0.05) is 10.4 Å². The van der Waals surface area contributed by atoms with Crippen molar-refractivity contribution in [3.63, 3.8) is 0 Å². The third kappa shape index (κ3) is 2.42. The Balaban J connectivity index is 1.47. The van der Waals surface area contributed by atoms with Crippen molar-refractivity contribution in [1.29, 1.82) is 0 Å². The van der Waals surface area contributed by atoms with Gasteiger partial charge in [0.05, 0.1) is 11.1 Å². The van der Waals surface area contributed by atoms with Gasteiger partial charge in [-0.1, -0.05) is 0 Å². The van der Waals surface area contributed by atoms with E-state index in [0.717, 1.165) is 51.7 Å². The van der Waals surface area contributed by atoms with Crippen molar-refractivity contribution in [2.45, 2.75) is 26.2 Å². The first-order chi connectivity index (χ1) is 12.3. The molecule has 3 aromatic rings. The lowest BCUT2D eigenvalue weighted by Crippen LogP contribution is -2.02. The highest BCUT2D eigenvalue weighted by molar-refractivity contribution is 7.19. The Labute approximate surface area is 148 Å². The van der Waals surface area contributed by atoms with Gasteiger partial charge in [0.2, 0.25) is 6.79 Å². The van der Waals surface area contributed by atoms with Crippen LogP contribution >= 0.6 is 11.3 Å². The summed E-state index contributed by atoms with van der Waals surface area (Å²) in [5, 5.41) is 5.66. The second-order valence-corrected chi connectivity index (χ2v) is 7.22. The maximum absolute atomic E-state index is 5.43. The first kappa shape index (κ1) is 14.7. The highest BCUT2D eigenvalue weighted by atomic mass is 32.1. The van der Waals surface area contributed by atoms with Crippen LogP contribution in [0.15, 0.2) is 29.6 Å². The van der Waals surface area contributed by atoms with E-state index >= 15 is 0 Å². The lowest BCUT2D eigenvalue weighted by atomic mass is 10.1. The van der Waals surface area contributed by atoms with E-state index in [1.54, 1.807) is 17.7 Å². The number of hydrogen-bond acceptors (Lipinski definition) is 7. The zero-order valence-electron chi connectivity index (χ0n) is 13.7. The predicted molar refractivity (Wildman–Crippen MR) is 97.8 cm³/mol. The predicted octanol–water partition coefficient (Wildman–Crippen LogP) is 3.74. The molecule has 1 aliphatic heterocycles. The molecule has 0 unspecified atom stereocenters. The number of fused-ring (bicyclic) bond motifs is 4. The molecule has 1 aromatic carbocycles. The monoisotopic (exact) mass is 352 g/mol. The smallest absolute Gasteiger partial charge is 0.231 e. The van der Waals surface area contributed by atoms with Crippen LogP contribution in [0.4, 0.5) is 5.82 Å². The van der Waals surface area contributed by atoms with E-state index in [1.807, 2.05) is 25.1 Å². The van der Waals surface area contributed by atoms with Gasteiger partial charge in [-0.2, -0.15) is 5.10 Å². The molecule has 0 atom stereocenters. The molecule has 0 fully saturated rings. The standard InChI is InChI=1S/C18H16N4O2S/c1-10(11-5-6-13-14(7-11)24-9-23-13)21-22-17-16-12-3-2-4-15(12)25-18(16)20-8-19-17/h5-8H,2-4,9H2,1H3,(H,19,20,22)/b21-10-. The molecule has 6 nitrogen and oxygen atoms in total. The molecule has 1 N–H and O–H groups in total. The average Bonchev–Trinajstić information content (AvgIpc) is 3.33. The molecule has 2 aliphatic rings. The van der Waals surface area contributed by atoms with Crippen LogP contribution in [0.1, 0.15) is 29.3 Å². The fourth-order valence-corrected chi connectivity index (χ4v) is 4.57. The number of nitrogens with zero attached hydrogens (tertiary/aromatic N) is 3. The van der Waals surface area contributed by atoms with Crippen molar-refractivity contribution in [2.75, 3.05) is 12.2 Å². The van der Waals surface area contributed by atoms with E-state index < -0.39 is 0 Å². The molecule has 0 saturated carbocycles. The number of hydrazone groups is 1. The van der Waals surface area contributed by atoms with Crippen LogP contribution in [-0.4, -0.2) is 22.5 Å². The van der Waals surface area contributed by atoms with Crippen LogP contribution in [0, 0.1) is 0 Å². The summed E-state index contributed by atoms with van der Waals surface area (Å²) in [6.07, 6.45) is 5.06. The van der Waals surface area contributed by atoms with Crippen LogP contribution in [0.25, 0.3) is 10.2 Å². The molecule has 126 valence electrons. The van der Waals surface area contributed by atoms with E-state index in [4.69, 9.17) is 9.47 Å². The summed E-state index contributed by atoms with van der Waals surface area (Å²) in [6.45, 7) is 2.23. The van der Waals surface area contributed by atoms with Gasteiger partial charge in [-0.05, 0) is 49.9 Å². The zero-order valence-corrected chi connectivity index (χ0v) is 14.5. The Morgan fingerprint density at radius 1 is 1.20 bits per heavy atom. The van der Waals surface area contributed by atoms with Crippen LogP contribution in [0.3, 0.4) is 0 Å². The summed E-state index contributed by atoms with van der Waals surface area (Å²) in [6, 6.07) is 5.83. The zero-order chi connectivity index (χ0) is 16.8. The lowest BCUT2D eigenvalue weighted by molar-refractivity contribution is 0.174. The number of hydrogen-bond donors (Lipinski definition) is 1. The molecular weight excluding hydrogens is 336 g/mol.